The van der Waals surface area contributed by atoms with Crippen LogP contribution in [0, 0.1) is 0 Å². The third-order valence-corrected chi connectivity index (χ3v) is 8.16. The Morgan fingerprint density at radius 1 is 0.812 bits per heavy atom. The number of hydrogen-bond acceptors (Lipinski definition) is 5. The number of benzene rings is 2. The van der Waals surface area contributed by atoms with E-state index in [-0.39, 0.29) is 23.9 Å². The normalized spacial score (nSPS) is 17.8. The molecule has 2 aromatic carbocycles. The Morgan fingerprint density at radius 2 is 1.47 bits per heavy atom. The Balaban J connectivity index is 1.39. The number of hydrogen-bond donors (Lipinski definition) is 0. The summed E-state index contributed by atoms with van der Waals surface area (Å²) in [6, 6.07) is 18.2. The number of anilines is 1. The van der Waals surface area contributed by atoms with Gasteiger partial charge >= 0.3 is 0 Å². The molecule has 0 aliphatic carbocycles. The first kappa shape index (κ1) is 20.9. The van der Waals surface area contributed by atoms with Crippen molar-refractivity contribution in [2.45, 2.75) is 17.7 Å². The van der Waals surface area contributed by atoms with Gasteiger partial charge in [0.05, 0.1) is 16.0 Å². The van der Waals surface area contributed by atoms with E-state index in [4.69, 9.17) is 4.98 Å². The quantitative estimate of drug-likeness (QED) is 0.611. The summed E-state index contributed by atoms with van der Waals surface area (Å²) < 4.78 is 27.3. The van der Waals surface area contributed by atoms with Crippen molar-refractivity contribution in [3.63, 3.8) is 0 Å². The molecule has 166 valence electrons. The number of carbonyl (C=O) groups is 1. The summed E-state index contributed by atoms with van der Waals surface area (Å²) in [6.07, 6.45) is 2.19. The molecule has 0 N–H and O–H groups in total. The first-order valence-electron chi connectivity index (χ1n) is 11.0. The number of sulfonamides is 1. The van der Waals surface area contributed by atoms with Crippen LogP contribution in [-0.4, -0.2) is 67.8 Å². The highest BCUT2D eigenvalue weighted by Gasteiger charge is 2.32. The number of piperazine rings is 1. The molecular weight excluding hydrogens is 424 g/mol. The Labute approximate surface area is 188 Å². The molecule has 3 heterocycles. The smallest absolute Gasteiger partial charge is 0.257 e. The summed E-state index contributed by atoms with van der Waals surface area (Å²) in [7, 11) is -3.55. The number of carbonyl (C=O) groups excluding carboxylic acids is 1. The van der Waals surface area contributed by atoms with Crippen LogP contribution in [0.25, 0.3) is 10.9 Å². The first-order chi connectivity index (χ1) is 15.5. The molecule has 0 atom stereocenters. The molecule has 5 rings (SSSR count). The lowest BCUT2D eigenvalue weighted by atomic mass is 10.1. The molecule has 2 fully saturated rings. The lowest BCUT2D eigenvalue weighted by molar-refractivity contribution is 0.0698. The maximum atomic E-state index is 13.5. The van der Waals surface area contributed by atoms with E-state index in [9.17, 15) is 13.2 Å². The number of fused-ring (bicyclic) bond motifs is 1. The fraction of sp³-hybridized carbons (Fsp3) is 0.333. The van der Waals surface area contributed by atoms with Crippen molar-refractivity contribution in [1.29, 1.82) is 0 Å². The average molecular weight is 451 g/mol. The van der Waals surface area contributed by atoms with Crippen molar-refractivity contribution in [3.8, 4) is 0 Å². The van der Waals surface area contributed by atoms with E-state index in [1.54, 1.807) is 35.2 Å². The summed E-state index contributed by atoms with van der Waals surface area (Å²) in [6.45, 7) is 3.07. The number of para-hydroxylation sites is 1. The molecule has 0 saturated carbocycles. The van der Waals surface area contributed by atoms with Crippen molar-refractivity contribution < 1.29 is 13.2 Å². The summed E-state index contributed by atoms with van der Waals surface area (Å²) in [4.78, 5) is 22.6. The SMILES string of the molecule is O=C(c1cc2ccccc2nc1N1CCCC1)N1CCN(S(=O)(=O)c2ccccc2)CC1. The predicted molar refractivity (Wildman–Crippen MR) is 124 cm³/mol. The van der Waals surface area contributed by atoms with Crippen LogP contribution in [-0.2, 0) is 10.0 Å². The molecule has 0 radical (unpaired) electrons. The minimum atomic E-state index is -3.55. The van der Waals surface area contributed by atoms with E-state index >= 15 is 0 Å². The maximum Gasteiger partial charge on any atom is 0.257 e. The summed E-state index contributed by atoms with van der Waals surface area (Å²) in [5.74, 6) is 0.660. The minimum Gasteiger partial charge on any atom is -0.356 e. The third kappa shape index (κ3) is 3.84. The van der Waals surface area contributed by atoms with Gasteiger partial charge < -0.3 is 9.80 Å². The highest BCUT2D eigenvalue weighted by Crippen LogP contribution is 2.28. The molecule has 0 spiro atoms. The molecule has 8 heteroatoms. The zero-order valence-electron chi connectivity index (χ0n) is 17.9. The molecule has 2 aliphatic heterocycles. The predicted octanol–water partition coefficient (Wildman–Crippen LogP) is 2.98. The highest BCUT2D eigenvalue weighted by atomic mass is 32.2. The Bertz CT molecular complexity index is 1230. The van der Waals surface area contributed by atoms with Crippen LogP contribution in [0.5, 0.6) is 0 Å². The maximum absolute atomic E-state index is 13.5. The molecule has 2 aliphatic rings. The molecule has 3 aromatic rings. The van der Waals surface area contributed by atoms with E-state index < -0.39 is 10.0 Å². The van der Waals surface area contributed by atoms with Crippen molar-refractivity contribution in [3.05, 3.63) is 66.2 Å². The molecule has 0 bridgehead atoms. The van der Waals surface area contributed by atoms with E-state index in [1.165, 1.54) is 4.31 Å². The molecule has 2 saturated heterocycles. The topological polar surface area (TPSA) is 73.8 Å². The largest absolute Gasteiger partial charge is 0.356 e. The van der Waals surface area contributed by atoms with Crippen molar-refractivity contribution in [1.82, 2.24) is 14.2 Å². The zero-order chi connectivity index (χ0) is 22.1. The molecule has 1 aromatic heterocycles. The summed E-state index contributed by atoms with van der Waals surface area (Å²) in [5, 5.41) is 0.934. The summed E-state index contributed by atoms with van der Waals surface area (Å²) >= 11 is 0. The van der Waals surface area contributed by atoms with E-state index in [2.05, 4.69) is 4.90 Å². The van der Waals surface area contributed by atoms with Gasteiger partial charge in [0, 0.05) is 44.7 Å². The second-order valence-electron chi connectivity index (χ2n) is 8.26. The summed E-state index contributed by atoms with van der Waals surface area (Å²) in [5.41, 5.74) is 1.48. The van der Waals surface area contributed by atoms with Crippen LogP contribution in [0.15, 0.2) is 65.6 Å². The van der Waals surface area contributed by atoms with Crippen molar-refractivity contribution >= 4 is 32.7 Å². The van der Waals surface area contributed by atoms with Crippen molar-refractivity contribution in [2.24, 2.45) is 0 Å². The lowest BCUT2D eigenvalue weighted by Crippen LogP contribution is -2.50. The van der Waals surface area contributed by atoms with Crippen LogP contribution in [0.4, 0.5) is 5.82 Å². The van der Waals surface area contributed by atoms with Gasteiger partial charge in [-0.25, -0.2) is 13.4 Å². The number of amides is 1. The van der Waals surface area contributed by atoms with E-state index in [1.807, 2.05) is 30.3 Å². The van der Waals surface area contributed by atoms with Gasteiger partial charge in [-0.1, -0.05) is 36.4 Å². The van der Waals surface area contributed by atoms with Crippen molar-refractivity contribution in [2.75, 3.05) is 44.2 Å². The van der Waals surface area contributed by atoms with Gasteiger partial charge in [0.2, 0.25) is 10.0 Å². The minimum absolute atomic E-state index is 0.0816. The molecular formula is C24H26N4O3S. The second-order valence-corrected chi connectivity index (χ2v) is 10.2. The van der Waals surface area contributed by atoms with Crippen LogP contribution < -0.4 is 4.90 Å². The fourth-order valence-electron chi connectivity index (χ4n) is 4.48. The number of pyridine rings is 1. The highest BCUT2D eigenvalue weighted by molar-refractivity contribution is 7.89. The van der Waals surface area contributed by atoms with Gasteiger partial charge in [-0.2, -0.15) is 4.31 Å². The van der Waals surface area contributed by atoms with Crippen LogP contribution in [0.2, 0.25) is 0 Å². The van der Waals surface area contributed by atoms with Gasteiger partial charge in [-0.3, -0.25) is 4.79 Å². The molecule has 0 unspecified atom stereocenters. The van der Waals surface area contributed by atoms with Crippen LogP contribution in [0.1, 0.15) is 23.2 Å². The Hall–Kier alpha value is -2.97. The van der Waals surface area contributed by atoms with Gasteiger partial charge in [-0.05, 0) is 37.1 Å². The van der Waals surface area contributed by atoms with Gasteiger partial charge in [0.1, 0.15) is 5.82 Å². The zero-order valence-corrected chi connectivity index (χ0v) is 18.7. The molecule has 32 heavy (non-hydrogen) atoms. The lowest BCUT2D eigenvalue weighted by Gasteiger charge is -2.34. The van der Waals surface area contributed by atoms with Gasteiger partial charge in [0.25, 0.3) is 5.91 Å². The van der Waals surface area contributed by atoms with Crippen LogP contribution >= 0.6 is 0 Å². The van der Waals surface area contributed by atoms with Gasteiger partial charge in [0.15, 0.2) is 0 Å². The van der Waals surface area contributed by atoms with Crippen LogP contribution in [0.3, 0.4) is 0 Å². The number of aromatic nitrogens is 1. The standard InChI is InChI=1S/C24H26N4O3S/c29-24(27-14-16-28(17-15-27)32(30,31)20-9-2-1-3-10-20)21-18-19-8-4-5-11-22(19)25-23(21)26-12-6-7-13-26/h1-5,8-11,18H,6-7,12-17H2. The number of nitrogens with zero attached hydrogens (tertiary/aromatic N) is 4. The Kier molecular flexibility index (Phi) is 5.57. The Morgan fingerprint density at radius 3 is 2.19 bits per heavy atom. The third-order valence-electron chi connectivity index (χ3n) is 6.25. The second kappa shape index (κ2) is 8.52. The average Bonchev–Trinajstić information content (AvgIpc) is 3.38. The first-order valence-corrected chi connectivity index (χ1v) is 12.5. The monoisotopic (exact) mass is 450 g/mol. The van der Waals surface area contributed by atoms with E-state index in [0.29, 0.717) is 18.7 Å². The molecule has 1 amide bonds. The fourth-order valence-corrected chi connectivity index (χ4v) is 5.92. The molecule has 7 nitrogen and oxygen atoms in total. The van der Waals surface area contributed by atoms with E-state index in [0.717, 1.165) is 42.7 Å². The van der Waals surface area contributed by atoms with Gasteiger partial charge in [-0.15, -0.1) is 0 Å². The number of rotatable bonds is 4.